The largest absolute Gasteiger partial charge is 0.490 e. The number of alkyl halides is 3. The van der Waals surface area contributed by atoms with E-state index < -0.39 is 12.1 Å². The Balaban J connectivity index is 0.000000321. The van der Waals surface area contributed by atoms with Crippen LogP contribution < -0.4 is 0 Å². The van der Waals surface area contributed by atoms with Crippen LogP contribution in [0.5, 0.6) is 0 Å². The molecule has 0 atom stereocenters. The number of nitrogens with zero attached hydrogens (tertiary/aromatic N) is 4. The van der Waals surface area contributed by atoms with Gasteiger partial charge in [0.2, 0.25) is 0 Å². The summed E-state index contributed by atoms with van der Waals surface area (Å²) in [5, 5.41) is 7.12. The van der Waals surface area contributed by atoms with E-state index in [4.69, 9.17) is 9.90 Å². The van der Waals surface area contributed by atoms with Crippen molar-refractivity contribution in [2.24, 2.45) is 0 Å². The monoisotopic (exact) mass is 382 g/mol. The molecular formula is C18H21F3N4O2. The number of carboxylic acid groups (broad SMARTS) is 1. The molecule has 27 heavy (non-hydrogen) atoms. The first-order valence-corrected chi connectivity index (χ1v) is 8.41. The van der Waals surface area contributed by atoms with E-state index in [0.717, 1.165) is 49.6 Å². The second-order valence-electron chi connectivity index (χ2n) is 6.23. The van der Waals surface area contributed by atoms with Crippen molar-refractivity contribution in [2.75, 3.05) is 13.1 Å². The number of rotatable bonds is 2. The number of aromatic nitrogens is 3. The number of aliphatic carboxylic acids is 1. The van der Waals surface area contributed by atoms with E-state index in [-0.39, 0.29) is 0 Å². The highest BCUT2D eigenvalue weighted by molar-refractivity contribution is 5.73. The molecule has 1 aliphatic rings. The van der Waals surface area contributed by atoms with E-state index >= 15 is 0 Å². The maximum absolute atomic E-state index is 10.6. The van der Waals surface area contributed by atoms with Crippen molar-refractivity contribution in [1.82, 2.24) is 19.9 Å². The first-order valence-electron chi connectivity index (χ1n) is 8.41. The highest BCUT2D eigenvalue weighted by Crippen LogP contribution is 2.17. The van der Waals surface area contributed by atoms with Crippen LogP contribution in [0.15, 0.2) is 24.5 Å². The summed E-state index contributed by atoms with van der Waals surface area (Å²) >= 11 is 0. The SMILES string of the molecule is Cc1cccc(CN2CCc3ncnc(C)c3CC2)n1.O=C(O)C(F)(F)F. The topological polar surface area (TPSA) is 79.2 Å². The third kappa shape index (κ3) is 6.28. The molecule has 1 N–H and O–H groups in total. The van der Waals surface area contributed by atoms with Gasteiger partial charge in [-0.25, -0.2) is 14.8 Å². The fourth-order valence-electron chi connectivity index (χ4n) is 2.81. The maximum Gasteiger partial charge on any atom is 0.490 e. The highest BCUT2D eigenvalue weighted by Gasteiger charge is 2.38. The molecule has 3 heterocycles. The van der Waals surface area contributed by atoms with Crippen molar-refractivity contribution < 1.29 is 23.1 Å². The zero-order valence-electron chi connectivity index (χ0n) is 15.1. The Morgan fingerprint density at radius 3 is 2.48 bits per heavy atom. The first-order chi connectivity index (χ1) is 12.7. The molecule has 146 valence electrons. The fourth-order valence-corrected chi connectivity index (χ4v) is 2.81. The van der Waals surface area contributed by atoms with Crippen LogP contribution in [0.25, 0.3) is 0 Å². The Morgan fingerprint density at radius 2 is 1.85 bits per heavy atom. The van der Waals surface area contributed by atoms with Crippen LogP contribution in [-0.2, 0) is 24.2 Å². The zero-order valence-corrected chi connectivity index (χ0v) is 15.1. The predicted octanol–water partition coefficient (Wildman–Crippen LogP) is 2.72. The lowest BCUT2D eigenvalue weighted by Crippen LogP contribution is -2.26. The van der Waals surface area contributed by atoms with Gasteiger partial charge < -0.3 is 5.11 Å². The van der Waals surface area contributed by atoms with Crippen LogP contribution in [0, 0.1) is 13.8 Å². The Labute approximate surface area is 155 Å². The van der Waals surface area contributed by atoms with E-state index in [0.29, 0.717) is 0 Å². The molecule has 0 fully saturated rings. The second-order valence-corrected chi connectivity index (χ2v) is 6.23. The molecule has 0 bridgehead atoms. The van der Waals surface area contributed by atoms with Crippen molar-refractivity contribution in [3.05, 3.63) is 52.9 Å². The lowest BCUT2D eigenvalue weighted by Gasteiger charge is -2.19. The average Bonchev–Trinajstić information content (AvgIpc) is 2.78. The summed E-state index contributed by atoms with van der Waals surface area (Å²) in [4.78, 5) is 24.7. The van der Waals surface area contributed by atoms with Crippen LogP contribution in [0.4, 0.5) is 13.2 Å². The van der Waals surface area contributed by atoms with Gasteiger partial charge in [0.1, 0.15) is 6.33 Å². The molecule has 0 saturated heterocycles. The summed E-state index contributed by atoms with van der Waals surface area (Å²) in [6.45, 7) is 7.14. The number of carboxylic acids is 1. The van der Waals surface area contributed by atoms with Gasteiger partial charge in [0.05, 0.1) is 5.69 Å². The Kier molecular flexibility index (Phi) is 6.84. The van der Waals surface area contributed by atoms with Gasteiger partial charge in [-0.3, -0.25) is 9.88 Å². The maximum atomic E-state index is 10.6. The predicted molar refractivity (Wildman–Crippen MR) is 92.1 cm³/mol. The van der Waals surface area contributed by atoms with Gasteiger partial charge in [-0.1, -0.05) is 6.07 Å². The molecule has 0 saturated carbocycles. The van der Waals surface area contributed by atoms with Gasteiger partial charge >= 0.3 is 12.1 Å². The Hall–Kier alpha value is -2.55. The van der Waals surface area contributed by atoms with E-state index in [2.05, 4.69) is 38.9 Å². The summed E-state index contributed by atoms with van der Waals surface area (Å²) in [6, 6.07) is 6.23. The van der Waals surface area contributed by atoms with E-state index in [9.17, 15) is 13.2 Å². The number of carbonyl (C=O) groups is 1. The van der Waals surface area contributed by atoms with Gasteiger partial charge in [-0.15, -0.1) is 0 Å². The van der Waals surface area contributed by atoms with E-state index in [1.54, 1.807) is 6.33 Å². The smallest absolute Gasteiger partial charge is 0.475 e. The lowest BCUT2D eigenvalue weighted by molar-refractivity contribution is -0.192. The zero-order chi connectivity index (χ0) is 20.0. The van der Waals surface area contributed by atoms with Gasteiger partial charge in [-0.05, 0) is 38.0 Å². The van der Waals surface area contributed by atoms with Gasteiger partial charge in [0.15, 0.2) is 0 Å². The molecule has 0 spiro atoms. The minimum Gasteiger partial charge on any atom is -0.475 e. The Morgan fingerprint density at radius 1 is 1.19 bits per heavy atom. The number of halogens is 3. The minimum atomic E-state index is -5.08. The summed E-state index contributed by atoms with van der Waals surface area (Å²) in [5.41, 5.74) is 5.93. The standard InChI is InChI=1S/C16H20N4.C2HF3O2/c1-12-4-3-5-14(19-12)10-20-8-6-15-13(2)17-11-18-16(15)7-9-20;3-2(4,5)1(6)7/h3-5,11H,6-10H2,1-2H3;(H,6,7). The molecule has 0 amide bonds. The first kappa shape index (κ1) is 20.8. The van der Waals surface area contributed by atoms with E-state index in [1.807, 2.05) is 13.0 Å². The third-order valence-electron chi connectivity index (χ3n) is 4.17. The molecule has 0 unspecified atom stereocenters. The number of hydrogen-bond donors (Lipinski definition) is 1. The molecule has 2 aromatic heterocycles. The number of fused-ring (bicyclic) bond motifs is 1. The summed E-state index contributed by atoms with van der Waals surface area (Å²) in [7, 11) is 0. The molecule has 1 aliphatic heterocycles. The van der Waals surface area contributed by atoms with Crippen LogP contribution in [0.1, 0.15) is 28.3 Å². The molecular weight excluding hydrogens is 361 g/mol. The normalized spacial score (nSPS) is 14.6. The van der Waals surface area contributed by atoms with Crippen molar-refractivity contribution >= 4 is 5.97 Å². The summed E-state index contributed by atoms with van der Waals surface area (Å²) in [5.74, 6) is -2.76. The minimum absolute atomic E-state index is 0.919. The van der Waals surface area contributed by atoms with Crippen molar-refractivity contribution in [3.63, 3.8) is 0 Å². The lowest BCUT2D eigenvalue weighted by atomic mass is 10.1. The van der Waals surface area contributed by atoms with Gasteiger partial charge in [0.25, 0.3) is 0 Å². The molecule has 0 aromatic carbocycles. The van der Waals surface area contributed by atoms with Crippen molar-refractivity contribution in [1.29, 1.82) is 0 Å². The van der Waals surface area contributed by atoms with Gasteiger partial charge in [0, 0.05) is 43.1 Å². The number of hydrogen-bond acceptors (Lipinski definition) is 5. The van der Waals surface area contributed by atoms with Crippen LogP contribution in [0.3, 0.4) is 0 Å². The quantitative estimate of drug-likeness (QED) is 0.860. The van der Waals surface area contributed by atoms with Gasteiger partial charge in [-0.2, -0.15) is 13.2 Å². The molecule has 0 aliphatic carbocycles. The molecule has 6 nitrogen and oxygen atoms in total. The average molecular weight is 382 g/mol. The molecule has 2 aromatic rings. The second kappa shape index (κ2) is 8.90. The summed E-state index contributed by atoms with van der Waals surface area (Å²) in [6.07, 6.45) is -1.36. The summed E-state index contributed by atoms with van der Waals surface area (Å²) < 4.78 is 31.7. The van der Waals surface area contributed by atoms with Crippen LogP contribution in [-0.4, -0.2) is 50.2 Å². The third-order valence-corrected chi connectivity index (χ3v) is 4.17. The van der Waals surface area contributed by atoms with Crippen molar-refractivity contribution in [3.8, 4) is 0 Å². The molecule has 9 heteroatoms. The van der Waals surface area contributed by atoms with Crippen LogP contribution in [0.2, 0.25) is 0 Å². The van der Waals surface area contributed by atoms with Crippen molar-refractivity contribution in [2.45, 2.75) is 39.4 Å². The van der Waals surface area contributed by atoms with E-state index in [1.165, 1.54) is 11.3 Å². The highest BCUT2D eigenvalue weighted by atomic mass is 19.4. The molecule has 3 rings (SSSR count). The Bertz CT molecular complexity index is 796. The van der Waals surface area contributed by atoms with Crippen LogP contribution >= 0.6 is 0 Å². The number of aryl methyl sites for hydroxylation is 2. The molecule has 0 radical (unpaired) electrons. The number of pyridine rings is 1. The fraction of sp³-hybridized carbons (Fsp3) is 0.444.